The van der Waals surface area contributed by atoms with Gasteiger partial charge in [0, 0.05) is 11.4 Å². The Morgan fingerprint density at radius 1 is 1.32 bits per heavy atom. The Kier molecular flexibility index (Phi) is 4.16. The number of carboxylic acids is 1. The van der Waals surface area contributed by atoms with Crippen molar-refractivity contribution in [2.45, 2.75) is 26.8 Å². The summed E-state index contributed by atoms with van der Waals surface area (Å²) in [5.74, 6) is -0.849. The number of nitrogens with zero attached hydrogens (tertiary/aromatic N) is 1. The van der Waals surface area contributed by atoms with E-state index in [1.807, 2.05) is 6.92 Å². The van der Waals surface area contributed by atoms with Crippen molar-refractivity contribution in [2.75, 3.05) is 5.32 Å². The number of aliphatic carboxylic acids is 1. The van der Waals surface area contributed by atoms with Crippen LogP contribution in [0.15, 0.2) is 24.3 Å². The highest BCUT2D eigenvalue weighted by Crippen LogP contribution is 2.23. The lowest BCUT2D eigenvalue weighted by molar-refractivity contribution is -0.136. The molecule has 0 unspecified atom stereocenters. The summed E-state index contributed by atoms with van der Waals surface area (Å²) < 4.78 is 0. The first kappa shape index (κ1) is 13.5. The first-order valence-electron chi connectivity index (χ1n) is 6.02. The normalized spacial score (nSPS) is 10.4. The number of anilines is 1. The van der Waals surface area contributed by atoms with Gasteiger partial charge in [0.2, 0.25) is 0 Å². The maximum Gasteiger partial charge on any atom is 0.309 e. The van der Waals surface area contributed by atoms with Crippen molar-refractivity contribution in [3.8, 4) is 0 Å². The monoisotopic (exact) mass is 276 g/mol. The van der Waals surface area contributed by atoms with Crippen molar-refractivity contribution in [3.05, 3.63) is 46.0 Å². The van der Waals surface area contributed by atoms with E-state index in [1.54, 1.807) is 0 Å². The van der Waals surface area contributed by atoms with E-state index in [4.69, 9.17) is 5.11 Å². The van der Waals surface area contributed by atoms with Gasteiger partial charge in [-0.1, -0.05) is 29.8 Å². The number of carbonyl (C=O) groups is 1. The summed E-state index contributed by atoms with van der Waals surface area (Å²) in [6.45, 7) is 4.65. The molecule has 0 atom stereocenters. The number of thiazole rings is 1. The molecule has 5 heteroatoms. The lowest BCUT2D eigenvalue weighted by Crippen LogP contribution is -2.03. The van der Waals surface area contributed by atoms with Gasteiger partial charge in [0.05, 0.1) is 12.1 Å². The van der Waals surface area contributed by atoms with E-state index in [-0.39, 0.29) is 6.42 Å². The number of aromatic nitrogens is 1. The average Bonchev–Trinajstić information content (AvgIpc) is 2.69. The topological polar surface area (TPSA) is 62.2 Å². The second-order valence-corrected chi connectivity index (χ2v) is 5.63. The van der Waals surface area contributed by atoms with Crippen LogP contribution in [-0.4, -0.2) is 16.1 Å². The zero-order chi connectivity index (χ0) is 13.8. The van der Waals surface area contributed by atoms with Gasteiger partial charge in [0.1, 0.15) is 0 Å². The molecule has 0 amide bonds. The summed E-state index contributed by atoms with van der Waals surface area (Å²) in [6, 6.07) is 8.28. The molecule has 2 rings (SSSR count). The van der Waals surface area contributed by atoms with Crippen molar-refractivity contribution in [3.63, 3.8) is 0 Å². The molecule has 19 heavy (non-hydrogen) atoms. The third-order valence-electron chi connectivity index (χ3n) is 2.78. The molecule has 0 aliphatic rings. The highest BCUT2D eigenvalue weighted by Gasteiger charge is 2.10. The smallest absolute Gasteiger partial charge is 0.309 e. The first-order valence-corrected chi connectivity index (χ1v) is 6.84. The van der Waals surface area contributed by atoms with E-state index < -0.39 is 5.97 Å². The molecule has 0 aliphatic carbocycles. The summed E-state index contributed by atoms with van der Waals surface area (Å²) in [5, 5.41) is 12.8. The van der Waals surface area contributed by atoms with Crippen LogP contribution < -0.4 is 5.32 Å². The Bertz CT molecular complexity index is 576. The fourth-order valence-corrected chi connectivity index (χ4v) is 2.52. The number of hydrogen-bond acceptors (Lipinski definition) is 4. The maximum atomic E-state index is 10.7. The summed E-state index contributed by atoms with van der Waals surface area (Å²) in [6.07, 6.45) is -0.0193. The first-order chi connectivity index (χ1) is 9.04. The Labute approximate surface area is 116 Å². The molecule has 0 fully saturated rings. The van der Waals surface area contributed by atoms with Crippen LogP contribution in [0.1, 0.15) is 21.7 Å². The molecule has 1 aromatic carbocycles. The molecular weight excluding hydrogens is 260 g/mol. The van der Waals surface area contributed by atoms with Crippen molar-refractivity contribution in [1.29, 1.82) is 0 Å². The fourth-order valence-electron chi connectivity index (χ4n) is 1.69. The second-order valence-electron chi connectivity index (χ2n) is 4.43. The van der Waals surface area contributed by atoms with Crippen LogP contribution in [0.5, 0.6) is 0 Å². The van der Waals surface area contributed by atoms with Crippen LogP contribution in [0.3, 0.4) is 0 Å². The maximum absolute atomic E-state index is 10.7. The molecule has 0 aliphatic heterocycles. The number of aryl methyl sites for hydroxylation is 2. The number of nitrogens with one attached hydrogen (secondary N) is 1. The predicted molar refractivity (Wildman–Crippen MR) is 76.7 cm³/mol. The third-order valence-corrected chi connectivity index (χ3v) is 3.75. The van der Waals surface area contributed by atoms with Crippen LogP contribution in [0.2, 0.25) is 0 Å². The zero-order valence-electron chi connectivity index (χ0n) is 10.9. The largest absolute Gasteiger partial charge is 0.481 e. The standard InChI is InChI=1S/C14H16N2O2S/c1-9-3-5-11(6-4-9)8-15-14-16-12(7-13(17)18)10(2)19-14/h3-6H,7-8H2,1-2H3,(H,15,16)(H,17,18). The molecular formula is C14H16N2O2S. The Morgan fingerprint density at radius 2 is 2.00 bits per heavy atom. The SMILES string of the molecule is Cc1ccc(CNc2nc(CC(=O)O)c(C)s2)cc1. The Balaban J connectivity index is 1.99. The molecule has 4 nitrogen and oxygen atoms in total. The summed E-state index contributed by atoms with van der Waals surface area (Å²) in [4.78, 5) is 15.9. The van der Waals surface area contributed by atoms with Crippen molar-refractivity contribution in [2.24, 2.45) is 0 Å². The van der Waals surface area contributed by atoms with Crippen LogP contribution >= 0.6 is 11.3 Å². The van der Waals surface area contributed by atoms with Gasteiger partial charge >= 0.3 is 5.97 Å². The molecule has 0 bridgehead atoms. The molecule has 2 N–H and O–H groups in total. The summed E-state index contributed by atoms with van der Waals surface area (Å²) in [7, 11) is 0. The van der Waals surface area contributed by atoms with Gasteiger partial charge in [-0.3, -0.25) is 4.79 Å². The van der Waals surface area contributed by atoms with E-state index in [0.29, 0.717) is 12.2 Å². The van der Waals surface area contributed by atoms with Gasteiger partial charge in [-0.2, -0.15) is 0 Å². The van der Waals surface area contributed by atoms with Crippen molar-refractivity contribution >= 4 is 22.4 Å². The molecule has 0 saturated carbocycles. The lowest BCUT2D eigenvalue weighted by Gasteiger charge is -2.03. The molecule has 1 aromatic heterocycles. The van der Waals surface area contributed by atoms with Gasteiger partial charge in [-0.25, -0.2) is 4.98 Å². The van der Waals surface area contributed by atoms with Crippen molar-refractivity contribution in [1.82, 2.24) is 4.98 Å². The van der Waals surface area contributed by atoms with Gasteiger partial charge in [0.25, 0.3) is 0 Å². The van der Waals surface area contributed by atoms with Gasteiger partial charge < -0.3 is 10.4 Å². The van der Waals surface area contributed by atoms with E-state index >= 15 is 0 Å². The Morgan fingerprint density at radius 3 is 2.63 bits per heavy atom. The fraction of sp³-hybridized carbons (Fsp3) is 0.286. The molecule has 2 aromatic rings. The lowest BCUT2D eigenvalue weighted by atomic mass is 10.1. The van der Waals surface area contributed by atoms with E-state index in [0.717, 1.165) is 10.0 Å². The minimum Gasteiger partial charge on any atom is -0.481 e. The van der Waals surface area contributed by atoms with Gasteiger partial charge in [-0.05, 0) is 19.4 Å². The molecule has 100 valence electrons. The van der Waals surface area contributed by atoms with Gasteiger partial charge in [0.15, 0.2) is 5.13 Å². The van der Waals surface area contributed by atoms with Gasteiger partial charge in [-0.15, -0.1) is 11.3 Å². The van der Waals surface area contributed by atoms with Crippen LogP contribution in [0, 0.1) is 13.8 Å². The highest BCUT2D eigenvalue weighted by atomic mass is 32.1. The van der Waals surface area contributed by atoms with Crippen LogP contribution in [0.25, 0.3) is 0 Å². The zero-order valence-corrected chi connectivity index (χ0v) is 11.8. The summed E-state index contributed by atoms with van der Waals surface area (Å²) >= 11 is 1.49. The van der Waals surface area contributed by atoms with E-state index in [1.165, 1.54) is 22.5 Å². The highest BCUT2D eigenvalue weighted by molar-refractivity contribution is 7.15. The minimum atomic E-state index is -0.849. The number of carboxylic acid groups (broad SMARTS) is 1. The minimum absolute atomic E-state index is 0.0193. The number of rotatable bonds is 5. The van der Waals surface area contributed by atoms with Crippen molar-refractivity contribution < 1.29 is 9.90 Å². The molecule has 0 radical (unpaired) electrons. The third kappa shape index (κ3) is 3.79. The molecule has 0 spiro atoms. The molecule has 0 saturated heterocycles. The number of hydrogen-bond donors (Lipinski definition) is 2. The van der Waals surface area contributed by atoms with Crippen LogP contribution in [0.4, 0.5) is 5.13 Å². The second kappa shape index (κ2) is 5.84. The van der Waals surface area contributed by atoms with E-state index in [2.05, 4.69) is 41.5 Å². The Hall–Kier alpha value is -1.88. The summed E-state index contributed by atoms with van der Waals surface area (Å²) in [5.41, 5.74) is 3.06. The quantitative estimate of drug-likeness (QED) is 0.881. The molecule has 1 heterocycles. The van der Waals surface area contributed by atoms with Crippen LogP contribution in [-0.2, 0) is 17.8 Å². The van der Waals surface area contributed by atoms with E-state index in [9.17, 15) is 4.79 Å². The average molecular weight is 276 g/mol. The predicted octanol–water partition coefficient (Wildman–Crippen LogP) is 3.00. The number of benzene rings is 1.